The van der Waals surface area contributed by atoms with Crippen LogP contribution in [0.3, 0.4) is 0 Å². The van der Waals surface area contributed by atoms with Crippen LogP contribution in [0.1, 0.15) is 31.7 Å². The Labute approximate surface area is 202 Å². The van der Waals surface area contributed by atoms with E-state index in [0.717, 1.165) is 58.7 Å². The predicted molar refractivity (Wildman–Crippen MR) is 136 cm³/mol. The minimum Gasteiger partial charge on any atom is -0.337 e. The molecule has 9 nitrogen and oxygen atoms in total. The minimum absolute atomic E-state index is 0.0522. The van der Waals surface area contributed by atoms with Gasteiger partial charge in [-0.1, -0.05) is 19.1 Å². The number of para-hydroxylation sites is 1. The first-order valence-electron chi connectivity index (χ1n) is 12.0. The van der Waals surface area contributed by atoms with Gasteiger partial charge in [0.15, 0.2) is 11.5 Å². The molecule has 0 atom stereocenters. The second kappa shape index (κ2) is 8.92. The normalized spacial score (nSPS) is 14.2. The van der Waals surface area contributed by atoms with E-state index in [1.807, 2.05) is 19.1 Å². The van der Waals surface area contributed by atoms with Crippen molar-refractivity contribution >= 4 is 33.7 Å². The zero-order valence-electron chi connectivity index (χ0n) is 19.5. The van der Waals surface area contributed by atoms with Gasteiger partial charge in [0.25, 0.3) is 0 Å². The number of rotatable bonds is 6. The van der Waals surface area contributed by atoms with E-state index in [0.29, 0.717) is 17.8 Å². The summed E-state index contributed by atoms with van der Waals surface area (Å²) < 4.78 is 0. The van der Waals surface area contributed by atoms with Crippen LogP contribution in [0, 0.1) is 0 Å². The van der Waals surface area contributed by atoms with Gasteiger partial charge in [-0.05, 0) is 49.7 Å². The molecule has 1 aliphatic heterocycles. The van der Waals surface area contributed by atoms with Crippen molar-refractivity contribution in [3.63, 3.8) is 0 Å². The minimum atomic E-state index is -0.0522. The third-order valence-corrected chi connectivity index (χ3v) is 6.51. The molecule has 1 fully saturated rings. The fraction of sp³-hybridized carbons (Fsp3) is 0.269. The van der Waals surface area contributed by atoms with Gasteiger partial charge in [-0.2, -0.15) is 5.10 Å². The van der Waals surface area contributed by atoms with E-state index in [2.05, 4.69) is 53.6 Å². The van der Waals surface area contributed by atoms with Crippen LogP contribution >= 0.6 is 0 Å². The van der Waals surface area contributed by atoms with Crippen LogP contribution in [-0.2, 0) is 11.3 Å². The number of nitrogens with zero attached hydrogens (tertiary/aromatic N) is 5. The largest absolute Gasteiger partial charge is 0.337 e. The highest BCUT2D eigenvalue weighted by atomic mass is 16.1. The van der Waals surface area contributed by atoms with Gasteiger partial charge in [-0.25, -0.2) is 9.97 Å². The van der Waals surface area contributed by atoms with Gasteiger partial charge in [0.2, 0.25) is 5.91 Å². The molecule has 9 heteroatoms. The maximum absolute atomic E-state index is 11.8. The maximum Gasteiger partial charge on any atom is 0.224 e. The van der Waals surface area contributed by atoms with Gasteiger partial charge in [-0.15, -0.1) is 0 Å². The molecule has 0 aliphatic carbocycles. The van der Waals surface area contributed by atoms with Crippen LogP contribution in [0.2, 0.25) is 0 Å². The molecule has 0 spiro atoms. The highest BCUT2D eigenvalue weighted by Crippen LogP contribution is 2.30. The molecule has 1 aromatic carbocycles. The topological polar surface area (TPSA) is 115 Å². The number of amides is 1. The number of hydrogen-bond donors (Lipinski definition) is 3. The van der Waals surface area contributed by atoms with E-state index in [4.69, 9.17) is 4.98 Å². The lowest BCUT2D eigenvalue weighted by molar-refractivity contribution is -0.115. The summed E-state index contributed by atoms with van der Waals surface area (Å²) in [6, 6.07) is 10.2. The Morgan fingerprint density at radius 3 is 2.83 bits per heavy atom. The van der Waals surface area contributed by atoms with Crippen molar-refractivity contribution in [1.82, 2.24) is 35.0 Å². The van der Waals surface area contributed by atoms with Gasteiger partial charge in [0, 0.05) is 36.5 Å². The van der Waals surface area contributed by atoms with Crippen LogP contribution in [-0.4, -0.2) is 54.0 Å². The maximum atomic E-state index is 11.8. The number of nitrogens with one attached hydrogen (secondary N) is 3. The van der Waals surface area contributed by atoms with Gasteiger partial charge < -0.3 is 10.3 Å². The molecule has 6 rings (SSSR count). The summed E-state index contributed by atoms with van der Waals surface area (Å²) in [6.45, 7) is 5.02. The van der Waals surface area contributed by atoms with Crippen LogP contribution in [0.15, 0.2) is 48.9 Å². The monoisotopic (exact) mass is 466 g/mol. The smallest absolute Gasteiger partial charge is 0.224 e. The van der Waals surface area contributed by atoms with Crippen LogP contribution in [0.5, 0.6) is 0 Å². The van der Waals surface area contributed by atoms with Crippen LogP contribution in [0.4, 0.5) is 5.69 Å². The van der Waals surface area contributed by atoms with Gasteiger partial charge >= 0.3 is 0 Å². The summed E-state index contributed by atoms with van der Waals surface area (Å²) in [7, 11) is 0. The SMILES string of the molecule is CCC(=O)Nc1cncc(-c2cnc3n[nH]c(-c4nc5c(CN6CCCC6)cccc5[nH]4)c3c2)c1. The number of benzene rings is 1. The number of aromatic amines is 2. The summed E-state index contributed by atoms with van der Waals surface area (Å²) in [6.07, 6.45) is 8.10. The molecule has 176 valence electrons. The molecule has 3 N–H and O–H groups in total. The summed E-state index contributed by atoms with van der Waals surface area (Å²) in [4.78, 5) is 31.5. The molecule has 0 radical (unpaired) electrons. The summed E-state index contributed by atoms with van der Waals surface area (Å²) in [5.74, 6) is 0.682. The predicted octanol–water partition coefficient (Wildman–Crippen LogP) is 4.51. The first-order chi connectivity index (χ1) is 17.2. The van der Waals surface area contributed by atoms with Crippen LogP contribution in [0.25, 0.3) is 44.7 Å². The number of likely N-dealkylation sites (tertiary alicyclic amines) is 1. The first kappa shape index (κ1) is 21.4. The third-order valence-electron chi connectivity index (χ3n) is 6.51. The summed E-state index contributed by atoms with van der Waals surface area (Å²) in [5.41, 5.74) is 7.03. The lowest BCUT2D eigenvalue weighted by Crippen LogP contribution is -2.18. The molecular formula is C26H26N8O. The van der Waals surface area contributed by atoms with Crippen molar-refractivity contribution in [3.05, 3.63) is 54.5 Å². The van der Waals surface area contributed by atoms with Crippen molar-refractivity contribution in [3.8, 4) is 22.6 Å². The average molecular weight is 467 g/mol. The Morgan fingerprint density at radius 1 is 1.11 bits per heavy atom. The van der Waals surface area contributed by atoms with Gasteiger partial charge in [0.1, 0.15) is 5.69 Å². The molecule has 1 saturated heterocycles. The van der Waals surface area contributed by atoms with E-state index in [-0.39, 0.29) is 5.91 Å². The fourth-order valence-corrected chi connectivity index (χ4v) is 4.67. The van der Waals surface area contributed by atoms with E-state index < -0.39 is 0 Å². The molecule has 35 heavy (non-hydrogen) atoms. The lowest BCUT2D eigenvalue weighted by Gasteiger charge is -2.14. The fourth-order valence-electron chi connectivity index (χ4n) is 4.67. The van der Waals surface area contributed by atoms with Crippen molar-refractivity contribution in [2.24, 2.45) is 0 Å². The van der Waals surface area contributed by atoms with Gasteiger partial charge in [-0.3, -0.25) is 19.8 Å². The summed E-state index contributed by atoms with van der Waals surface area (Å²) >= 11 is 0. The van der Waals surface area contributed by atoms with Crippen molar-refractivity contribution in [2.75, 3.05) is 18.4 Å². The average Bonchev–Trinajstić information content (AvgIpc) is 3.63. The Morgan fingerprint density at radius 2 is 1.97 bits per heavy atom. The second-order valence-corrected chi connectivity index (χ2v) is 8.94. The van der Waals surface area contributed by atoms with Crippen molar-refractivity contribution in [1.29, 1.82) is 0 Å². The molecular weight excluding hydrogens is 440 g/mol. The highest BCUT2D eigenvalue weighted by molar-refractivity contribution is 5.94. The Balaban J connectivity index is 1.37. The summed E-state index contributed by atoms with van der Waals surface area (Å²) in [5, 5.41) is 11.2. The standard InChI is InChI=1S/C26H26N8O/c1-2-22(35)29-19-10-17(12-27-14-19)18-11-20-24(32-33-25(20)28-13-18)26-30-21-7-5-6-16(23(21)31-26)15-34-8-3-4-9-34/h5-7,10-14H,2-4,8-9,15H2,1H3,(H,29,35)(H,30,31)(H,28,32,33). The lowest BCUT2D eigenvalue weighted by atomic mass is 10.1. The van der Waals surface area contributed by atoms with Crippen molar-refractivity contribution < 1.29 is 4.79 Å². The molecule has 0 bridgehead atoms. The first-order valence-corrected chi connectivity index (χ1v) is 12.0. The molecule has 5 heterocycles. The number of fused-ring (bicyclic) bond motifs is 2. The number of imidazole rings is 1. The quantitative estimate of drug-likeness (QED) is 0.339. The van der Waals surface area contributed by atoms with Gasteiger partial charge in [0.05, 0.1) is 28.3 Å². The molecule has 1 amide bonds. The number of H-pyrrole nitrogens is 2. The molecule has 0 saturated carbocycles. The second-order valence-electron chi connectivity index (χ2n) is 8.94. The number of aromatic nitrogens is 6. The van der Waals surface area contributed by atoms with Crippen LogP contribution < -0.4 is 5.32 Å². The Kier molecular flexibility index (Phi) is 5.46. The van der Waals surface area contributed by atoms with E-state index >= 15 is 0 Å². The number of hydrogen-bond acceptors (Lipinski definition) is 6. The van der Waals surface area contributed by atoms with E-state index in [9.17, 15) is 4.79 Å². The number of carbonyl (C=O) groups excluding carboxylic acids is 1. The number of anilines is 1. The highest BCUT2D eigenvalue weighted by Gasteiger charge is 2.18. The number of carbonyl (C=O) groups is 1. The van der Waals surface area contributed by atoms with Crippen molar-refractivity contribution in [2.45, 2.75) is 32.7 Å². The van der Waals surface area contributed by atoms with E-state index in [1.54, 1.807) is 18.6 Å². The number of pyridine rings is 2. The molecule has 0 unspecified atom stereocenters. The zero-order chi connectivity index (χ0) is 23.8. The Bertz CT molecular complexity index is 1530. The molecule has 5 aromatic rings. The molecule has 1 aliphatic rings. The Hall–Kier alpha value is -4.11. The third kappa shape index (κ3) is 4.15. The molecule has 4 aromatic heterocycles. The van der Waals surface area contributed by atoms with E-state index in [1.165, 1.54) is 18.4 Å². The zero-order valence-corrected chi connectivity index (χ0v) is 19.5.